The van der Waals surface area contributed by atoms with Crippen LogP contribution in [0, 0.1) is 0 Å². The van der Waals surface area contributed by atoms with Crippen molar-refractivity contribution in [1.29, 1.82) is 0 Å². The second-order valence-corrected chi connectivity index (χ2v) is 5.21. The quantitative estimate of drug-likeness (QED) is 0.679. The lowest BCUT2D eigenvalue weighted by Crippen LogP contribution is -2.35. The Hall–Kier alpha value is -1.75. The first-order chi connectivity index (χ1) is 9.49. The van der Waals surface area contributed by atoms with Gasteiger partial charge in [-0.1, -0.05) is 0 Å². The van der Waals surface area contributed by atoms with Crippen molar-refractivity contribution in [3.05, 3.63) is 23.8 Å². The van der Waals surface area contributed by atoms with E-state index in [0.717, 1.165) is 12.8 Å². The highest BCUT2D eigenvalue weighted by Crippen LogP contribution is 2.25. The van der Waals surface area contributed by atoms with Crippen LogP contribution in [0.25, 0.3) is 0 Å². The molecule has 0 amide bonds. The average Bonchev–Trinajstić information content (AvgIpc) is 2.37. The van der Waals surface area contributed by atoms with Crippen LogP contribution in [-0.4, -0.2) is 31.4 Å². The van der Waals surface area contributed by atoms with Crippen LogP contribution in [-0.2, 0) is 9.47 Å². The number of hydrogen-bond acceptors (Lipinski definition) is 5. The summed E-state index contributed by atoms with van der Waals surface area (Å²) in [4.78, 5) is 12.1. The van der Waals surface area contributed by atoms with Crippen molar-refractivity contribution in [2.45, 2.75) is 45.0 Å². The normalized spacial score (nSPS) is 26.1. The minimum atomic E-state index is -0.352. The van der Waals surface area contributed by atoms with Crippen molar-refractivity contribution in [1.82, 2.24) is 0 Å². The third kappa shape index (κ3) is 3.42. The highest BCUT2D eigenvalue weighted by molar-refractivity contribution is 5.90. The predicted molar refractivity (Wildman–Crippen MR) is 75.9 cm³/mol. The number of esters is 1. The number of rotatable bonds is 3. The molecular weight excluding hydrogens is 258 g/mol. The zero-order valence-electron chi connectivity index (χ0n) is 12.1. The topological polar surface area (TPSA) is 70.8 Å². The fourth-order valence-electron chi connectivity index (χ4n) is 2.50. The van der Waals surface area contributed by atoms with Crippen molar-refractivity contribution in [3.8, 4) is 5.75 Å². The molecule has 1 saturated heterocycles. The van der Waals surface area contributed by atoms with Gasteiger partial charge in [0.1, 0.15) is 11.9 Å². The molecule has 0 radical (unpaired) electrons. The monoisotopic (exact) mass is 279 g/mol. The van der Waals surface area contributed by atoms with Gasteiger partial charge in [-0.15, -0.1) is 0 Å². The molecule has 2 rings (SSSR count). The summed E-state index contributed by atoms with van der Waals surface area (Å²) in [5.74, 6) is 0.128. The summed E-state index contributed by atoms with van der Waals surface area (Å²) in [5.41, 5.74) is 6.67. The van der Waals surface area contributed by atoms with Crippen molar-refractivity contribution < 1.29 is 19.0 Å². The van der Waals surface area contributed by atoms with E-state index >= 15 is 0 Å². The van der Waals surface area contributed by atoms with Gasteiger partial charge in [0, 0.05) is 12.8 Å². The van der Waals surface area contributed by atoms with Gasteiger partial charge in [0.2, 0.25) is 0 Å². The third-order valence-corrected chi connectivity index (χ3v) is 3.40. The molecule has 110 valence electrons. The first kappa shape index (κ1) is 14.7. The smallest absolute Gasteiger partial charge is 0.338 e. The van der Waals surface area contributed by atoms with Crippen molar-refractivity contribution in [2.75, 3.05) is 12.8 Å². The summed E-state index contributed by atoms with van der Waals surface area (Å²) in [6.45, 7) is 3.98. The molecule has 1 aromatic rings. The number of nitrogen functional groups attached to an aromatic ring is 1. The fraction of sp³-hybridized carbons (Fsp3) is 0.533. The van der Waals surface area contributed by atoms with Gasteiger partial charge in [-0.3, -0.25) is 0 Å². The summed E-state index contributed by atoms with van der Waals surface area (Å²) in [5, 5.41) is 0. The number of carbonyl (C=O) groups excluding carboxylic acids is 1. The van der Waals surface area contributed by atoms with Crippen LogP contribution in [0.2, 0.25) is 0 Å². The molecule has 1 fully saturated rings. The van der Waals surface area contributed by atoms with E-state index in [1.165, 1.54) is 7.11 Å². The van der Waals surface area contributed by atoms with Gasteiger partial charge in [-0.25, -0.2) is 4.79 Å². The van der Waals surface area contributed by atoms with Gasteiger partial charge < -0.3 is 19.9 Å². The predicted octanol–water partition coefficient (Wildman–Crippen LogP) is 2.39. The van der Waals surface area contributed by atoms with E-state index in [1.807, 2.05) is 13.8 Å². The Labute approximate surface area is 119 Å². The standard InChI is InChI=1S/C15H21NO4/c1-9-6-12(7-10(2)19-9)20-15(17)11-4-5-13(16)14(8-11)18-3/h4-5,8-10,12H,6-7,16H2,1-3H3. The number of ether oxygens (including phenoxy) is 3. The van der Waals surface area contributed by atoms with Gasteiger partial charge in [-0.2, -0.15) is 0 Å². The molecule has 2 unspecified atom stereocenters. The van der Waals surface area contributed by atoms with E-state index in [4.69, 9.17) is 19.9 Å². The van der Waals surface area contributed by atoms with Gasteiger partial charge in [0.25, 0.3) is 0 Å². The van der Waals surface area contributed by atoms with Crippen LogP contribution in [0.15, 0.2) is 18.2 Å². The van der Waals surface area contributed by atoms with Crippen LogP contribution in [0.1, 0.15) is 37.0 Å². The minimum absolute atomic E-state index is 0.107. The maximum absolute atomic E-state index is 12.1. The highest BCUT2D eigenvalue weighted by Gasteiger charge is 2.27. The largest absolute Gasteiger partial charge is 0.495 e. The van der Waals surface area contributed by atoms with Gasteiger partial charge in [0.05, 0.1) is 30.6 Å². The Balaban J connectivity index is 2.04. The second kappa shape index (κ2) is 6.13. The van der Waals surface area contributed by atoms with Crippen molar-refractivity contribution in [2.24, 2.45) is 0 Å². The molecule has 1 aliphatic rings. The Morgan fingerprint density at radius 3 is 2.55 bits per heavy atom. The Bertz CT molecular complexity index is 479. The van der Waals surface area contributed by atoms with Gasteiger partial charge in [0.15, 0.2) is 0 Å². The molecule has 0 aliphatic carbocycles. The second-order valence-electron chi connectivity index (χ2n) is 5.21. The maximum Gasteiger partial charge on any atom is 0.338 e. The number of hydrogen-bond donors (Lipinski definition) is 1. The Kier molecular flexibility index (Phi) is 4.49. The summed E-state index contributed by atoms with van der Waals surface area (Å²) in [7, 11) is 1.52. The average molecular weight is 279 g/mol. The third-order valence-electron chi connectivity index (χ3n) is 3.40. The lowest BCUT2D eigenvalue weighted by Gasteiger charge is -2.31. The maximum atomic E-state index is 12.1. The molecule has 2 atom stereocenters. The lowest BCUT2D eigenvalue weighted by atomic mass is 10.0. The molecule has 0 saturated carbocycles. The van der Waals surface area contributed by atoms with Gasteiger partial charge >= 0.3 is 5.97 Å². The zero-order valence-corrected chi connectivity index (χ0v) is 12.1. The van der Waals surface area contributed by atoms with Gasteiger partial charge in [-0.05, 0) is 32.0 Å². The molecule has 5 nitrogen and oxygen atoms in total. The Morgan fingerprint density at radius 1 is 1.30 bits per heavy atom. The number of benzene rings is 1. The molecule has 2 N–H and O–H groups in total. The van der Waals surface area contributed by atoms with E-state index in [2.05, 4.69) is 0 Å². The number of nitrogens with two attached hydrogens (primary N) is 1. The number of anilines is 1. The van der Waals surface area contributed by atoms with Crippen LogP contribution in [0.5, 0.6) is 5.75 Å². The Morgan fingerprint density at radius 2 is 1.95 bits per heavy atom. The molecule has 1 aromatic carbocycles. The summed E-state index contributed by atoms with van der Waals surface area (Å²) < 4.78 is 16.3. The van der Waals surface area contributed by atoms with Crippen LogP contribution >= 0.6 is 0 Å². The summed E-state index contributed by atoms with van der Waals surface area (Å²) >= 11 is 0. The fourth-order valence-corrected chi connectivity index (χ4v) is 2.50. The first-order valence-electron chi connectivity index (χ1n) is 6.79. The SMILES string of the molecule is COc1cc(C(=O)OC2CC(C)OC(C)C2)ccc1N. The lowest BCUT2D eigenvalue weighted by molar-refractivity contribution is -0.0855. The van der Waals surface area contributed by atoms with E-state index < -0.39 is 0 Å². The molecular formula is C15H21NO4. The van der Waals surface area contributed by atoms with Crippen LogP contribution in [0.4, 0.5) is 5.69 Å². The zero-order chi connectivity index (χ0) is 14.7. The van der Waals surface area contributed by atoms with E-state index in [-0.39, 0.29) is 24.3 Å². The van der Waals surface area contributed by atoms with Crippen LogP contribution in [0.3, 0.4) is 0 Å². The van der Waals surface area contributed by atoms with E-state index in [9.17, 15) is 4.79 Å². The summed E-state index contributed by atoms with van der Waals surface area (Å²) in [6, 6.07) is 4.89. The van der Waals surface area contributed by atoms with Crippen molar-refractivity contribution in [3.63, 3.8) is 0 Å². The molecule has 0 spiro atoms. The van der Waals surface area contributed by atoms with E-state index in [1.54, 1.807) is 18.2 Å². The molecule has 5 heteroatoms. The molecule has 1 aliphatic heterocycles. The number of methoxy groups -OCH3 is 1. The van der Waals surface area contributed by atoms with Crippen LogP contribution < -0.4 is 10.5 Å². The van der Waals surface area contributed by atoms with E-state index in [0.29, 0.717) is 17.0 Å². The molecule has 0 bridgehead atoms. The number of carbonyl (C=O) groups is 1. The molecule has 20 heavy (non-hydrogen) atoms. The highest BCUT2D eigenvalue weighted by atomic mass is 16.6. The molecule has 1 heterocycles. The van der Waals surface area contributed by atoms with Crippen molar-refractivity contribution >= 4 is 11.7 Å². The minimum Gasteiger partial charge on any atom is -0.495 e. The summed E-state index contributed by atoms with van der Waals surface area (Å²) in [6.07, 6.45) is 1.56. The molecule has 0 aromatic heterocycles. The first-order valence-corrected chi connectivity index (χ1v) is 6.79.